The largest absolute Gasteiger partial charge is 0.444 e. The van der Waals surface area contributed by atoms with E-state index in [0.717, 1.165) is 12.0 Å². The van der Waals surface area contributed by atoms with Gasteiger partial charge in [0, 0.05) is 12.6 Å². The Hall–Kier alpha value is -4.13. The van der Waals surface area contributed by atoms with Gasteiger partial charge < -0.3 is 18.9 Å². The van der Waals surface area contributed by atoms with Crippen LogP contribution in [0.25, 0.3) is 0 Å². The number of hydrogen-bond acceptors (Lipinski definition) is 9. The summed E-state index contributed by atoms with van der Waals surface area (Å²) in [5, 5.41) is 10.5. The summed E-state index contributed by atoms with van der Waals surface area (Å²) in [7, 11) is 0. The molecule has 3 heterocycles. The lowest BCUT2D eigenvalue weighted by atomic mass is 9.98. The lowest BCUT2D eigenvalue weighted by Gasteiger charge is -2.28. The maximum atomic E-state index is 13.2. The number of rotatable bonds is 6. The molecule has 13 nitrogen and oxygen atoms in total. The highest BCUT2D eigenvalue weighted by Crippen LogP contribution is 2.38. The molecule has 2 N–H and O–H groups in total. The molecule has 2 atom stereocenters. The van der Waals surface area contributed by atoms with Crippen LogP contribution >= 0.6 is 0 Å². The van der Waals surface area contributed by atoms with Crippen LogP contribution in [-0.2, 0) is 27.5 Å². The first-order valence-electron chi connectivity index (χ1n) is 13.5. The van der Waals surface area contributed by atoms with E-state index in [1.807, 2.05) is 30.3 Å². The van der Waals surface area contributed by atoms with Gasteiger partial charge >= 0.3 is 18.2 Å². The van der Waals surface area contributed by atoms with Gasteiger partial charge in [0.1, 0.15) is 30.0 Å². The fourth-order valence-corrected chi connectivity index (χ4v) is 4.45. The van der Waals surface area contributed by atoms with Gasteiger partial charge in [-0.05, 0) is 59.9 Å². The number of hydrogen-bond donors (Lipinski definition) is 2. The van der Waals surface area contributed by atoms with Gasteiger partial charge in [0.2, 0.25) is 5.96 Å². The van der Waals surface area contributed by atoms with Gasteiger partial charge in [0.25, 0.3) is 0 Å². The van der Waals surface area contributed by atoms with Crippen molar-refractivity contribution in [2.45, 2.75) is 90.8 Å². The zero-order chi connectivity index (χ0) is 29.8. The highest BCUT2D eigenvalue weighted by Gasteiger charge is 2.47. The minimum absolute atomic E-state index is 0.0288. The Morgan fingerprint density at radius 3 is 2.27 bits per heavy atom. The number of carbonyl (C=O) groups excluding carboxylic acids is 3. The van der Waals surface area contributed by atoms with Gasteiger partial charge in [-0.2, -0.15) is 5.06 Å². The number of aliphatic imine (C=N–C) groups is 1. The summed E-state index contributed by atoms with van der Waals surface area (Å²) in [6.07, 6.45) is -0.142. The molecule has 2 saturated heterocycles. The van der Waals surface area contributed by atoms with E-state index in [9.17, 15) is 14.4 Å². The molecule has 2 aliphatic heterocycles. The summed E-state index contributed by atoms with van der Waals surface area (Å²) in [5.41, 5.74) is 0.0647. The number of nitrogens with zero attached hydrogens (tertiary/aromatic N) is 4. The van der Waals surface area contributed by atoms with Crippen molar-refractivity contribution in [3.8, 4) is 0 Å². The van der Waals surface area contributed by atoms with Crippen LogP contribution in [0.5, 0.6) is 0 Å². The second-order valence-corrected chi connectivity index (χ2v) is 11.9. The first-order valence-corrected chi connectivity index (χ1v) is 13.5. The molecule has 1 aromatic heterocycles. The molecule has 0 unspecified atom stereocenters. The van der Waals surface area contributed by atoms with Crippen LogP contribution in [-0.4, -0.2) is 63.1 Å². The normalized spacial score (nSPS) is 18.6. The van der Waals surface area contributed by atoms with E-state index in [-0.39, 0.29) is 30.6 Å². The number of nitrogens with one attached hydrogen (secondary N) is 2. The molecule has 0 radical (unpaired) electrons. The van der Waals surface area contributed by atoms with Gasteiger partial charge in [-0.15, -0.1) is 0 Å². The molecule has 0 spiro atoms. The van der Waals surface area contributed by atoms with Gasteiger partial charge in [-0.25, -0.2) is 19.4 Å². The molecule has 4 amide bonds. The molecule has 2 bridgehead atoms. The van der Waals surface area contributed by atoms with Crippen LogP contribution in [0, 0.1) is 0 Å². The maximum absolute atomic E-state index is 13.2. The Bertz CT molecular complexity index is 1230. The van der Waals surface area contributed by atoms with Gasteiger partial charge in [0.15, 0.2) is 5.76 Å². The molecule has 41 heavy (non-hydrogen) atoms. The summed E-state index contributed by atoms with van der Waals surface area (Å²) < 4.78 is 16.0. The molecule has 4 rings (SSSR count). The minimum atomic E-state index is -0.797. The average molecular weight is 571 g/mol. The highest BCUT2D eigenvalue weighted by molar-refractivity contribution is 6.01. The molecule has 2 aliphatic rings. The van der Waals surface area contributed by atoms with Crippen molar-refractivity contribution in [1.82, 2.24) is 25.8 Å². The molecule has 222 valence electrons. The number of amides is 4. The number of ether oxygens (including phenoxy) is 2. The average Bonchev–Trinajstić information content (AvgIpc) is 3.43. The van der Waals surface area contributed by atoms with E-state index in [1.54, 1.807) is 52.5 Å². The number of fused-ring (bicyclic) bond motifs is 2. The Balaban J connectivity index is 1.40. The van der Waals surface area contributed by atoms with Gasteiger partial charge in [-0.1, -0.05) is 35.5 Å². The predicted molar refractivity (Wildman–Crippen MR) is 147 cm³/mol. The van der Waals surface area contributed by atoms with Crippen molar-refractivity contribution in [2.24, 2.45) is 4.99 Å². The van der Waals surface area contributed by atoms with Crippen molar-refractivity contribution in [2.75, 3.05) is 6.54 Å². The number of carbonyl (C=O) groups is 3. The van der Waals surface area contributed by atoms with Crippen LogP contribution in [0.2, 0.25) is 0 Å². The highest BCUT2D eigenvalue weighted by atomic mass is 16.7. The lowest BCUT2D eigenvalue weighted by Crippen LogP contribution is -2.47. The van der Waals surface area contributed by atoms with Gasteiger partial charge in [0.05, 0.1) is 12.1 Å². The molecule has 0 saturated carbocycles. The zero-order valence-corrected chi connectivity index (χ0v) is 24.3. The van der Waals surface area contributed by atoms with Crippen molar-refractivity contribution in [3.05, 3.63) is 53.4 Å². The molecule has 2 aromatic rings. The van der Waals surface area contributed by atoms with Crippen LogP contribution in [0.1, 0.15) is 77.4 Å². The van der Waals surface area contributed by atoms with E-state index in [1.165, 1.54) is 5.06 Å². The van der Waals surface area contributed by atoms with Crippen molar-refractivity contribution < 1.29 is 33.2 Å². The van der Waals surface area contributed by atoms with Crippen LogP contribution < -0.4 is 10.6 Å². The van der Waals surface area contributed by atoms with Crippen LogP contribution in [0.4, 0.5) is 14.4 Å². The third kappa shape index (κ3) is 8.43. The van der Waals surface area contributed by atoms with Crippen molar-refractivity contribution in [3.63, 3.8) is 0 Å². The number of hydroxylamine groups is 2. The molecular formula is C28H38N6O7. The number of alkyl carbamates (subject to hydrolysis) is 2. The third-order valence-electron chi connectivity index (χ3n) is 6.09. The number of aromatic nitrogens is 1. The Kier molecular flexibility index (Phi) is 8.86. The van der Waals surface area contributed by atoms with E-state index in [2.05, 4.69) is 20.8 Å². The Labute approximate surface area is 239 Å². The summed E-state index contributed by atoms with van der Waals surface area (Å²) in [5.74, 6) is 0.202. The number of guanidine groups is 1. The van der Waals surface area contributed by atoms with E-state index < -0.39 is 23.4 Å². The van der Waals surface area contributed by atoms with Crippen LogP contribution in [0.3, 0.4) is 0 Å². The molecule has 0 aliphatic carbocycles. The summed E-state index contributed by atoms with van der Waals surface area (Å²) in [4.78, 5) is 49.7. The lowest BCUT2D eigenvalue weighted by molar-refractivity contribution is -0.140. The standard InChI is InChI=1S/C28H38N6O7/c1-27(2,3)39-24(35)30-23(31-25(36)40-28(4,5)6)29-15-20-14-21(32-41-20)22-13-12-19-16-33(22)26(37)34(19)38-17-18-10-8-7-9-11-18/h7-11,14,19,22H,12-13,15-17H2,1-6H3,(H2,29,30,31,35,36)/t19-,22+/m1/s1. The smallest absolute Gasteiger partial charge is 0.414 e. The van der Waals surface area contributed by atoms with Crippen molar-refractivity contribution >= 4 is 24.2 Å². The van der Waals surface area contributed by atoms with E-state index >= 15 is 0 Å². The summed E-state index contributed by atoms with van der Waals surface area (Å²) in [6.45, 7) is 11.1. The van der Waals surface area contributed by atoms with Gasteiger partial charge in [-0.3, -0.25) is 15.5 Å². The van der Waals surface area contributed by atoms with E-state index in [4.69, 9.17) is 18.8 Å². The third-order valence-corrected chi connectivity index (χ3v) is 6.09. The number of urea groups is 1. The first-order chi connectivity index (χ1) is 19.3. The monoisotopic (exact) mass is 570 g/mol. The van der Waals surface area contributed by atoms with Crippen LogP contribution in [0.15, 0.2) is 45.9 Å². The minimum Gasteiger partial charge on any atom is -0.444 e. The molecule has 1 aromatic carbocycles. The predicted octanol–water partition coefficient (Wildman–Crippen LogP) is 4.65. The summed E-state index contributed by atoms with van der Waals surface area (Å²) >= 11 is 0. The fraction of sp³-hybridized carbons (Fsp3) is 0.536. The summed E-state index contributed by atoms with van der Waals surface area (Å²) in [6, 6.07) is 10.9. The molecule has 13 heteroatoms. The SMILES string of the molecule is CC(C)(C)OC(=O)NC(=NCc1cc([C@@H]2CC[C@@H]3CN2C(=O)N3OCc2ccccc2)no1)NC(=O)OC(C)(C)C. The fourth-order valence-electron chi connectivity index (χ4n) is 4.45. The van der Waals surface area contributed by atoms with Crippen molar-refractivity contribution in [1.29, 1.82) is 0 Å². The maximum Gasteiger partial charge on any atom is 0.414 e. The Morgan fingerprint density at radius 1 is 1.02 bits per heavy atom. The topological polar surface area (TPSA) is 148 Å². The number of piperidine rings is 1. The molecule has 2 fully saturated rings. The quantitative estimate of drug-likeness (QED) is 0.377. The van der Waals surface area contributed by atoms with E-state index in [0.29, 0.717) is 31.0 Å². The second-order valence-electron chi connectivity index (χ2n) is 11.9. The second kappa shape index (κ2) is 12.2. The molecular weight excluding hydrogens is 532 g/mol. The number of benzene rings is 1. The Morgan fingerprint density at radius 2 is 1.66 bits per heavy atom. The first kappa shape index (κ1) is 29.8. The zero-order valence-electron chi connectivity index (χ0n) is 24.3.